The van der Waals surface area contributed by atoms with E-state index in [2.05, 4.69) is 10.2 Å². The first-order valence-electron chi connectivity index (χ1n) is 7.64. The number of nitrogens with zero attached hydrogens (tertiary/aromatic N) is 1. The first-order chi connectivity index (χ1) is 10.6. The van der Waals surface area contributed by atoms with Gasteiger partial charge in [-0.1, -0.05) is 0 Å². The number of fused-ring (bicyclic) bond motifs is 4. The number of carbonyl (C=O) groups excluding carboxylic acids is 2. The van der Waals surface area contributed by atoms with Gasteiger partial charge in [-0.15, -0.1) is 0 Å². The van der Waals surface area contributed by atoms with Gasteiger partial charge in [0.2, 0.25) is 5.91 Å². The summed E-state index contributed by atoms with van der Waals surface area (Å²) >= 11 is 0. The van der Waals surface area contributed by atoms with Crippen LogP contribution in [0.2, 0.25) is 0 Å². The van der Waals surface area contributed by atoms with Crippen molar-refractivity contribution < 1.29 is 14.3 Å². The Bertz CT molecular complexity index is 675. The highest BCUT2D eigenvalue weighted by Crippen LogP contribution is 2.54. The third-order valence-corrected chi connectivity index (χ3v) is 5.39. The highest BCUT2D eigenvalue weighted by atomic mass is 16.5. The zero-order chi connectivity index (χ0) is 15.5. The van der Waals surface area contributed by atoms with Gasteiger partial charge in [0, 0.05) is 23.0 Å². The zero-order valence-electron chi connectivity index (χ0n) is 12.5. The highest BCUT2D eigenvalue weighted by molar-refractivity contribution is 6.07. The van der Waals surface area contributed by atoms with E-state index < -0.39 is 5.54 Å². The molecule has 6 nitrogen and oxygen atoms in total. The smallest absolute Gasteiger partial charge is 0.310 e. The first-order valence-corrected chi connectivity index (χ1v) is 7.64. The number of carbonyl (C=O) groups is 2. The minimum absolute atomic E-state index is 0.0496. The van der Waals surface area contributed by atoms with Gasteiger partial charge in [0.15, 0.2) is 0 Å². The minimum Gasteiger partial charge on any atom is -0.469 e. The number of nitrogens with one attached hydrogen (secondary N) is 1. The molecule has 3 heterocycles. The van der Waals surface area contributed by atoms with Gasteiger partial charge in [-0.2, -0.15) is 0 Å². The maximum atomic E-state index is 12.8. The van der Waals surface area contributed by atoms with E-state index >= 15 is 0 Å². The van der Waals surface area contributed by atoms with Gasteiger partial charge in [0.1, 0.15) is 5.54 Å². The Morgan fingerprint density at radius 2 is 2.32 bits per heavy atom. The standard InChI is InChI=1S/C16H19N3O3/c1-22-14(20)10-8-16(19-6-2-3-13(10)19)11-7-9(17)4-5-12(11)18-15(16)21/h4-5,7,10,13H,2-3,6,8,17H2,1H3,(H,18,21)/t10-,13-,16-/m1/s1. The van der Waals surface area contributed by atoms with Crippen molar-refractivity contribution in [3.8, 4) is 0 Å². The number of hydrogen-bond acceptors (Lipinski definition) is 5. The second kappa shape index (κ2) is 4.46. The zero-order valence-corrected chi connectivity index (χ0v) is 12.5. The fourth-order valence-electron chi connectivity index (χ4n) is 4.50. The van der Waals surface area contributed by atoms with Gasteiger partial charge in [-0.3, -0.25) is 14.5 Å². The van der Waals surface area contributed by atoms with Crippen LogP contribution in [0.4, 0.5) is 11.4 Å². The van der Waals surface area contributed by atoms with E-state index in [9.17, 15) is 9.59 Å². The van der Waals surface area contributed by atoms with Crippen molar-refractivity contribution in [1.82, 2.24) is 4.90 Å². The van der Waals surface area contributed by atoms with E-state index in [0.717, 1.165) is 30.6 Å². The molecule has 1 aromatic carbocycles. The lowest BCUT2D eigenvalue weighted by Crippen LogP contribution is -2.47. The van der Waals surface area contributed by atoms with Gasteiger partial charge in [0.05, 0.1) is 13.0 Å². The van der Waals surface area contributed by atoms with Gasteiger partial charge in [-0.05, 0) is 44.0 Å². The maximum Gasteiger partial charge on any atom is 0.310 e. The van der Waals surface area contributed by atoms with Gasteiger partial charge in [0.25, 0.3) is 0 Å². The normalized spacial score (nSPS) is 32.9. The number of esters is 1. The van der Waals surface area contributed by atoms with E-state index in [1.807, 2.05) is 12.1 Å². The molecule has 1 amide bonds. The lowest BCUT2D eigenvalue weighted by molar-refractivity contribution is -0.146. The van der Waals surface area contributed by atoms with Crippen molar-refractivity contribution >= 4 is 23.3 Å². The van der Waals surface area contributed by atoms with Crippen LogP contribution in [0.15, 0.2) is 18.2 Å². The third kappa shape index (κ3) is 1.53. The largest absolute Gasteiger partial charge is 0.469 e. The topological polar surface area (TPSA) is 84.7 Å². The molecule has 6 heteroatoms. The SMILES string of the molecule is COC(=O)[C@@H]1C[C@@]2(C(=O)Nc3ccc(N)cc32)N2CCC[C@H]12. The van der Waals surface area contributed by atoms with Gasteiger partial charge < -0.3 is 15.8 Å². The third-order valence-electron chi connectivity index (χ3n) is 5.39. The quantitative estimate of drug-likeness (QED) is 0.599. The number of benzene rings is 1. The van der Waals surface area contributed by atoms with Crippen LogP contribution in [0, 0.1) is 5.92 Å². The number of rotatable bonds is 1. The maximum absolute atomic E-state index is 12.8. The molecule has 3 N–H and O–H groups in total. The van der Waals surface area contributed by atoms with Crippen LogP contribution >= 0.6 is 0 Å². The number of ether oxygens (including phenoxy) is 1. The van der Waals surface area contributed by atoms with Crippen LogP contribution in [0.3, 0.4) is 0 Å². The van der Waals surface area contributed by atoms with Crippen molar-refractivity contribution in [2.24, 2.45) is 5.92 Å². The van der Waals surface area contributed by atoms with Crippen LogP contribution in [0.5, 0.6) is 0 Å². The fourth-order valence-corrected chi connectivity index (χ4v) is 4.50. The van der Waals surface area contributed by atoms with Crippen molar-refractivity contribution in [1.29, 1.82) is 0 Å². The molecule has 0 saturated carbocycles. The molecule has 2 saturated heterocycles. The van der Waals surface area contributed by atoms with Crippen LogP contribution < -0.4 is 11.1 Å². The van der Waals surface area contributed by atoms with Gasteiger partial charge >= 0.3 is 5.97 Å². The summed E-state index contributed by atoms with van der Waals surface area (Å²) in [5.41, 5.74) is 7.49. The fraction of sp³-hybridized carbons (Fsp3) is 0.500. The molecule has 116 valence electrons. The molecule has 3 atom stereocenters. The molecule has 4 rings (SSSR count). The number of methoxy groups -OCH3 is 1. The van der Waals surface area contributed by atoms with E-state index in [-0.39, 0.29) is 23.8 Å². The lowest BCUT2D eigenvalue weighted by Gasteiger charge is -2.32. The summed E-state index contributed by atoms with van der Waals surface area (Å²) in [6, 6.07) is 5.56. The van der Waals surface area contributed by atoms with E-state index in [1.165, 1.54) is 7.11 Å². The Kier molecular flexibility index (Phi) is 2.75. The predicted molar refractivity (Wildman–Crippen MR) is 81.0 cm³/mol. The summed E-state index contributed by atoms with van der Waals surface area (Å²) in [5.74, 6) is -0.532. The Hall–Kier alpha value is -2.08. The average molecular weight is 301 g/mol. The number of amides is 1. The Morgan fingerprint density at radius 3 is 3.09 bits per heavy atom. The van der Waals surface area contributed by atoms with E-state index in [1.54, 1.807) is 6.07 Å². The molecule has 0 radical (unpaired) electrons. The van der Waals surface area contributed by atoms with Crippen LogP contribution in [0.25, 0.3) is 0 Å². The molecule has 3 aliphatic heterocycles. The van der Waals surface area contributed by atoms with Crippen molar-refractivity contribution in [3.63, 3.8) is 0 Å². The molecule has 1 aromatic rings. The number of hydrogen-bond donors (Lipinski definition) is 2. The molecule has 0 aliphatic carbocycles. The number of anilines is 2. The van der Waals surface area contributed by atoms with Crippen LogP contribution in [-0.4, -0.2) is 36.5 Å². The second-order valence-corrected chi connectivity index (χ2v) is 6.36. The number of nitrogen functional groups attached to an aromatic ring is 1. The molecular formula is C16H19N3O3. The second-order valence-electron chi connectivity index (χ2n) is 6.36. The summed E-state index contributed by atoms with van der Waals surface area (Å²) in [6.07, 6.45) is 2.38. The first kappa shape index (κ1) is 13.6. The summed E-state index contributed by atoms with van der Waals surface area (Å²) in [5, 5.41) is 2.96. The Morgan fingerprint density at radius 1 is 1.50 bits per heavy atom. The average Bonchev–Trinajstić information content (AvgIpc) is 3.15. The minimum atomic E-state index is -0.773. The number of nitrogens with two attached hydrogens (primary N) is 1. The predicted octanol–water partition coefficient (Wildman–Crippen LogP) is 1.07. The van der Waals surface area contributed by atoms with E-state index in [0.29, 0.717) is 12.1 Å². The summed E-state index contributed by atoms with van der Waals surface area (Å²) in [4.78, 5) is 27.2. The van der Waals surface area contributed by atoms with Crippen molar-refractivity contribution in [3.05, 3.63) is 23.8 Å². The Labute approximate surface area is 128 Å². The van der Waals surface area contributed by atoms with Crippen molar-refractivity contribution in [2.45, 2.75) is 30.8 Å². The highest BCUT2D eigenvalue weighted by Gasteiger charge is 2.63. The lowest BCUT2D eigenvalue weighted by atomic mass is 9.84. The molecule has 0 aromatic heterocycles. The Balaban J connectivity index is 1.86. The van der Waals surface area contributed by atoms with E-state index in [4.69, 9.17) is 10.5 Å². The molecule has 22 heavy (non-hydrogen) atoms. The van der Waals surface area contributed by atoms with Gasteiger partial charge in [-0.25, -0.2) is 0 Å². The monoisotopic (exact) mass is 301 g/mol. The van der Waals surface area contributed by atoms with Crippen LogP contribution in [-0.2, 0) is 19.9 Å². The molecule has 0 bridgehead atoms. The van der Waals surface area contributed by atoms with Crippen LogP contribution in [0.1, 0.15) is 24.8 Å². The molecule has 0 unspecified atom stereocenters. The molecular weight excluding hydrogens is 282 g/mol. The summed E-state index contributed by atoms with van der Waals surface area (Å²) in [7, 11) is 1.41. The molecule has 2 fully saturated rings. The summed E-state index contributed by atoms with van der Waals surface area (Å²) in [6.45, 7) is 0.819. The molecule has 3 aliphatic rings. The van der Waals surface area contributed by atoms with Crippen molar-refractivity contribution in [2.75, 3.05) is 24.7 Å². The molecule has 1 spiro atoms. The summed E-state index contributed by atoms with van der Waals surface area (Å²) < 4.78 is 4.97.